The topological polar surface area (TPSA) is 76.9 Å². The second-order valence-corrected chi connectivity index (χ2v) is 10.3. The molecule has 0 fully saturated rings. The first-order valence-electron chi connectivity index (χ1n) is 9.55. The minimum absolute atomic E-state index is 0.158. The van der Waals surface area contributed by atoms with E-state index in [0.29, 0.717) is 0 Å². The van der Waals surface area contributed by atoms with Crippen LogP contribution >= 0.6 is 11.8 Å². The second kappa shape index (κ2) is 7.23. The van der Waals surface area contributed by atoms with E-state index in [0.717, 1.165) is 32.6 Å². The zero-order chi connectivity index (χ0) is 20.9. The molecule has 0 saturated heterocycles. The lowest BCUT2D eigenvalue weighted by Gasteiger charge is -2.22. The van der Waals surface area contributed by atoms with Crippen molar-refractivity contribution in [1.29, 1.82) is 0 Å². The number of sulfonamides is 1. The summed E-state index contributed by atoms with van der Waals surface area (Å²) >= 11 is 1.52. The first-order chi connectivity index (χ1) is 14.4. The lowest BCUT2D eigenvalue weighted by molar-refractivity contribution is 0.557. The summed E-state index contributed by atoms with van der Waals surface area (Å²) in [6.07, 6.45) is 1.65. The van der Waals surface area contributed by atoms with Crippen molar-refractivity contribution in [2.45, 2.75) is 28.3 Å². The van der Waals surface area contributed by atoms with Gasteiger partial charge in [-0.1, -0.05) is 65.9 Å². The summed E-state index contributed by atoms with van der Waals surface area (Å²) in [5, 5.41) is 11.0. The third-order valence-corrected chi connectivity index (χ3v) is 8.25. The predicted octanol–water partition coefficient (Wildman–Crippen LogP) is 4.14. The van der Waals surface area contributed by atoms with Crippen LogP contribution in [0.4, 0.5) is 0 Å². The lowest BCUT2D eigenvalue weighted by Crippen LogP contribution is -2.30. The largest absolute Gasteiger partial charge is 0.312 e. The van der Waals surface area contributed by atoms with Gasteiger partial charge in [-0.15, -0.1) is 10.2 Å². The molecule has 2 atom stereocenters. The van der Waals surface area contributed by atoms with Gasteiger partial charge in [0.15, 0.2) is 5.16 Å². The van der Waals surface area contributed by atoms with Gasteiger partial charge < -0.3 is 4.57 Å². The Bertz CT molecular complexity index is 1340. The lowest BCUT2D eigenvalue weighted by atomic mass is 10.1. The van der Waals surface area contributed by atoms with Gasteiger partial charge >= 0.3 is 0 Å². The summed E-state index contributed by atoms with van der Waals surface area (Å²) in [4.78, 5) is 0.263. The fourth-order valence-corrected chi connectivity index (χ4v) is 6.46. The van der Waals surface area contributed by atoms with Gasteiger partial charge in [-0.25, -0.2) is 13.1 Å². The molecule has 1 aliphatic carbocycles. The summed E-state index contributed by atoms with van der Waals surface area (Å²) in [5.41, 5.74) is 3.11. The van der Waals surface area contributed by atoms with Gasteiger partial charge in [0.1, 0.15) is 6.33 Å². The van der Waals surface area contributed by atoms with Crippen LogP contribution in [0.5, 0.6) is 0 Å². The summed E-state index contributed by atoms with van der Waals surface area (Å²) in [7, 11) is -1.82. The van der Waals surface area contributed by atoms with E-state index in [1.165, 1.54) is 11.8 Å². The van der Waals surface area contributed by atoms with E-state index >= 15 is 0 Å². The van der Waals surface area contributed by atoms with Crippen molar-refractivity contribution in [3.63, 3.8) is 0 Å². The smallest absolute Gasteiger partial charge is 0.241 e. The van der Waals surface area contributed by atoms with Crippen LogP contribution in [0.25, 0.3) is 10.8 Å². The van der Waals surface area contributed by atoms with Crippen LogP contribution in [0.1, 0.15) is 28.0 Å². The van der Waals surface area contributed by atoms with E-state index in [-0.39, 0.29) is 10.1 Å². The number of hydrogen-bond donors (Lipinski definition) is 1. The monoisotopic (exact) mass is 436 g/mol. The van der Waals surface area contributed by atoms with Crippen LogP contribution in [0.2, 0.25) is 0 Å². The molecule has 1 heterocycles. The van der Waals surface area contributed by atoms with Gasteiger partial charge in [-0.05, 0) is 41.0 Å². The minimum Gasteiger partial charge on any atom is -0.312 e. The van der Waals surface area contributed by atoms with E-state index < -0.39 is 16.1 Å². The number of aryl methyl sites for hydroxylation is 2. The van der Waals surface area contributed by atoms with Crippen LogP contribution in [0.15, 0.2) is 77.0 Å². The molecule has 0 aliphatic heterocycles. The molecule has 1 N–H and O–H groups in total. The normalized spacial score (nSPS) is 18.2. The highest BCUT2D eigenvalue weighted by molar-refractivity contribution is 7.99. The summed E-state index contributed by atoms with van der Waals surface area (Å²) < 4.78 is 31.3. The van der Waals surface area contributed by atoms with E-state index in [1.54, 1.807) is 18.5 Å². The zero-order valence-corrected chi connectivity index (χ0v) is 18.1. The Labute approximate surface area is 179 Å². The van der Waals surface area contributed by atoms with Gasteiger partial charge in [-0.2, -0.15) is 0 Å². The van der Waals surface area contributed by atoms with Crippen LogP contribution in [0.3, 0.4) is 0 Å². The van der Waals surface area contributed by atoms with Gasteiger partial charge in [0.25, 0.3) is 0 Å². The predicted molar refractivity (Wildman–Crippen MR) is 118 cm³/mol. The van der Waals surface area contributed by atoms with Crippen molar-refractivity contribution in [3.05, 3.63) is 83.7 Å². The van der Waals surface area contributed by atoms with Crippen LogP contribution in [-0.4, -0.2) is 23.2 Å². The molecular formula is C22H20N4O2S2. The maximum Gasteiger partial charge on any atom is 0.241 e. The van der Waals surface area contributed by atoms with Crippen LogP contribution < -0.4 is 4.72 Å². The standard InChI is InChI=1S/C22H20N4O2S2/c1-14-9-11-16(12-10-14)30(27,28)25-20-17-7-3-5-15-6-4-8-18(19(15)17)21(20)29-22-24-23-13-26(22)2/h3-13,20-21,25H,1-2H3/t20-,21-/m1/s1. The molecule has 0 amide bonds. The van der Waals surface area contributed by atoms with E-state index in [2.05, 4.69) is 33.1 Å². The highest BCUT2D eigenvalue weighted by Crippen LogP contribution is 2.52. The molecule has 6 nitrogen and oxygen atoms in total. The van der Waals surface area contributed by atoms with Crippen molar-refractivity contribution in [3.8, 4) is 0 Å². The molecule has 0 saturated carbocycles. The fraction of sp³-hybridized carbons (Fsp3) is 0.182. The van der Waals surface area contributed by atoms with E-state index in [1.807, 2.05) is 48.9 Å². The van der Waals surface area contributed by atoms with E-state index in [4.69, 9.17) is 0 Å². The van der Waals surface area contributed by atoms with Crippen molar-refractivity contribution >= 4 is 32.6 Å². The van der Waals surface area contributed by atoms with Gasteiger partial charge in [0.05, 0.1) is 16.2 Å². The van der Waals surface area contributed by atoms with Gasteiger partial charge in [0.2, 0.25) is 10.0 Å². The molecule has 0 unspecified atom stereocenters. The highest BCUT2D eigenvalue weighted by atomic mass is 32.2. The van der Waals surface area contributed by atoms with Crippen molar-refractivity contribution < 1.29 is 8.42 Å². The number of benzene rings is 3. The maximum atomic E-state index is 13.2. The minimum atomic E-state index is -3.70. The number of rotatable bonds is 5. The summed E-state index contributed by atoms with van der Waals surface area (Å²) in [5.74, 6) is 0. The van der Waals surface area contributed by atoms with Crippen molar-refractivity contribution in [2.24, 2.45) is 7.05 Å². The molecule has 0 spiro atoms. The molecule has 8 heteroatoms. The Kier molecular flexibility index (Phi) is 4.65. The molecule has 0 bridgehead atoms. The average Bonchev–Trinajstić information content (AvgIpc) is 3.26. The second-order valence-electron chi connectivity index (χ2n) is 7.47. The number of nitrogens with zero attached hydrogens (tertiary/aromatic N) is 3. The average molecular weight is 437 g/mol. The third kappa shape index (κ3) is 3.21. The SMILES string of the molecule is Cc1ccc(S(=O)(=O)N[C@@H]2c3cccc4cccc(c34)[C@H]2Sc2nncn2C)cc1. The van der Waals surface area contributed by atoms with E-state index in [9.17, 15) is 8.42 Å². The number of aromatic nitrogens is 3. The first-order valence-corrected chi connectivity index (χ1v) is 11.9. The number of hydrogen-bond acceptors (Lipinski definition) is 5. The van der Waals surface area contributed by atoms with Crippen LogP contribution in [-0.2, 0) is 17.1 Å². The Morgan fingerprint density at radius 2 is 1.70 bits per heavy atom. The number of nitrogens with one attached hydrogen (secondary N) is 1. The molecule has 152 valence electrons. The maximum absolute atomic E-state index is 13.2. The van der Waals surface area contributed by atoms with Gasteiger partial charge in [-0.3, -0.25) is 0 Å². The Hall–Kier alpha value is -2.68. The van der Waals surface area contributed by atoms with Crippen LogP contribution in [0, 0.1) is 6.92 Å². The molecule has 5 rings (SSSR count). The third-order valence-electron chi connectivity index (χ3n) is 5.43. The summed E-state index contributed by atoms with van der Waals surface area (Å²) in [6, 6.07) is 18.7. The zero-order valence-electron chi connectivity index (χ0n) is 16.5. The summed E-state index contributed by atoms with van der Waals surface area (Å²) in [6.45, 7) is 1.94. The molecule has 1 aromatic heterocycles. The Balaban J connectivity index is 1.60. The molecule has 30 heavy (non-hydrogen) atoms. The molecule has 0 radical (unpaired) electrons. The molecule has 3 aromatic carbocycles. The quantitative estimate of drug-likeness (QED) is 0.509. The first kappa shape index (κ1) is 19.3. The molecule has 1 aliphatic rings. The van der Waals surface area contributed by atoms with Gasteiger partial charge in [0, 0.05) is 7.05 Å². The van der Waals surface area contributed by atoms with Crippen molar-refractivity contribution in [2.75, 3.05) is 0 Å². The van der Waals surface area contributed by atoms with Crippen molar-refractivity contribution in [1.82, 2.24) is 19.5 Å². The molecular weight excluding hydrogens is 416 g/mol. The Morgan fingerprint density at radius 1 is 1.00 bits per heavy atom. The fourth-order valence-electron chi connectivity index (χ4n) is 3.94. The number of thioether (sulfide) groups is 1. The Morgan fingerprint density at radius 3 is 2.37 bits per heavy atom. The highest BCUT2D eigenvalue weighted by Gasteiger charge is 2.38. The molecule has 4 aromatic rings.